The second-order valence-corrected chi connectivity index (χ2v) is 6.62. The van der Waals surface area contributed by atoms with Gasteiger partial charge in [-0.3, -0.25) is 0 Å². The zero-order valence-corrected chi connectivity index (χ0v) is 11.9. The summed E-state index contributed by atoms with van der Waals surface area (Å²) in [6.07, 6.45) is 3.52. The third-order valence-electron chi connectivity index (χ3n) is 2.99. The molecular formula is C11H21Cl3O. The lowest BCUT2D eigenvalue weighted by atomic mass is 9.75. The Morgan fingerprint density at radius 3 is 1.93 bits per heavy atom. The monoisotopic (exact) mass is 274 g/mol. The van der Waals surface area contributed by atoms with Crippen molar-refractivity contribution in [1.29, 1.82) is 0 Å². The van der Waals surface area contributed by atoms with Crippen molar-refractivity contribution in [2.24, 2.45) is 17.8 Å². The molecule has 1 aliphatic rings. The molecule has 1 nitrogen and oxygen atoms in total. The molecule has 0 aromatic carbocycles. The van der Waals surface area contributed by atoms with E-state index >= 15 is 0 Å². The molecule has 15 heavy (non-hydrogen) atoms. The van der Waals surface area contributed by atoms with Gasteiger partial charge in [0.05, 0.1) is 6.10 Å². The van der Waals surface area contributed by atoms with Crippen LogP contribution in [0.3, 0.4) is 0 Å². The Labute approximate surface area is 108 Å². The van der Waals surface area contributed by atoms with Crippen LogP contribution >= 0.6 is 34.8 Å². The summed E-state index contributed by atoms with van der Waals surface area (Å²) in [5.41, 5.74) is 0. The molecule has 0 aliphatic heterocycles. The largest absolute Gasteiger partial charge is 0.393 e. The number of rotatable bonds is 1. The van der Waals surface area contributed by atoms with Crippen molar-refractivity contribution < 1.29 is 5.11 Å². The van der Waals surface area contributed by atoms with E-state index in [1.807, 2.05) is 0 Å². The summed E-state index contributed by atoms with van der Waals surface area (Å²) in [5, 5.41) is 9.71. The summed E-state index contributed by atoms with van der Waals surface area (Å²) in [7, 11) is 0. The lowest BCUT2D eigenvalue weighted by Crippen LogP contribution is -2.31. The maximum absolute atomic E-state index is 9.71. The van der Waals surface area contributed by atoms with Crippen molar-refractivity contribution in [3.8, 4) is 0 Å². The van der Waals surface area contributed by atoms with E-state index in [-0.39, 0.29) is 6.10 Å². The molecule has 1 aliphatic carbocycles. The number of halogens is 3. The van der Waals surface area contributed by atoms with Gasteiger partial charge in [-0.1, -0.05) is 62.0 Å². The standard InChI is InChI=1S/C10H20O.CHCl3/c1-7(2)9-5-4-8(3)6-10(9)11;2-1(3)4/h7-11H,4-6H2,1-3H3;1H. The lowest BCUT2D eigenvalue weighted by molar-refractivity contribution is 0.0266. The van der Waals surface area contributed by atoms with Crippen molar-refractivity contribution >= 4 is 34.8 Å². The normalized spacial score (nSPS) is 31.4. The Morgan fingerprint density at radius 2 is 1.60 bits per heavy atom. The molecule has 0 heterocycles. The summed E-state index contributed by atoms with van der Waals surface area (Å²) in [6, 6.07) is 0. The average Bonchev–Trinajstić information content (AvgIpc) is 2.01. The highest BCUT2D eigenvalue weighted by Crippen LogP contribution is 2.33. The number of hydrogen-bond acceptors (Lipinski definition) is 1. The van der Waals surface area contributed by atoms with Crippen LogP contribution in [0.15, 0.2) is 0 Å². The molecule has 3 atom stereocenters. The molecule has 1 saturated carbocycles. The predicted molar refractivity (Wildman–Crippen MR) is 68.7 cm³/mol. The van der Waals surface area contributed by atoms with E-state index in [0.717, 1.165) is 12.3 Å². The van der Waals surface area contributed by atoms with Crippen molar-refractivity contribution in [3.05, 3.63) is 0 Å². The maximum atomic E-state index is 9.71. The van der Waals surface area contributed by atoms with Gasteiger partial charge >= 0.3 is 0 Å². The summed E-state index contributed by atoms with van der Waals surface area (Å²) in [6.45, 7) is 6.66. The Morgan fingerprint density at radius 1 is 1.13 bits per heavy atom. The van der Waals surface area contributed by atoms with Crippen LogP contribution in [0.1, 0.15) is 40.0 Å². The van der Waals surface area contributed by atoms with E-state index in [4.69, 9.17) is 34.8 Å². The molecule has 0 saturated heterocycles. The fourth-order valence-corrected chi connectivity index (χ4v) is 2.15. The highest BCUT2D eigenvalue weighted by atomic mass is 35.6. The summed E-state index contributed by atoms with van der Waals surface area (Å²) >= 11 is 14.4. The van der Waals surface area contributed by atoms with Gasteiger partial charge in [0.1, 0.15) is 0 Å². The minimum atomic E-state index is -0.750. The van der Waals surface area contributed by atoms with Gasteiger partial charge in [0.2, 0.25) is 0 Å². The maximum Gasteiger partial charge on any atom is 0.180 e. The number of hydrogen-bond donors (Lipinski definition) is 1. The molecule has 3 unspecified atom stereocenters. The minimum Gasteiger partial charge on any atom is -0.393 e. The molecule has 0 aromatic rings. The van der Waals surface area contributed by atoms with Crippen LogP contribution in [0.4, 0.5) is 0 Å². The number of aliphatic hydroxyl groups excluding tert-OH is 1. The van der Waals surface area contributed by atoms with Crippen molar-refractivity contribution in [2.75, 3.05) is 0 Å². The average molecular weight is 276 g/mol. The molecule has 0 amide bonds. The van der Waals surface area contributed by atoms with E-state index in [9.17, 15) is 5.11 Å². The summed E-state index contributed by atoms with van der Waals surface area (Å²) in [5.74, 6) is 1.95. The topological polar surface area (TPSA) is 20.2 Å². The van der Waals surface area contributed by atoms with E-state index < -0.39 is 4.30 Å². The number of aliphatic hydroxyl groups is 1. The fourth-order valence-electron chi connectivity index (χ4n) is 2.15. The van der Waals surface area contributed by atoms with Crippen LogP contribution in [0, 0.1) is 17.8 Å². The molecule has 0 spiro atoms. The molecule has 1 fully saturated rings. The first-order valence-corrected chi connectivity index (χ1v) is 6.75. The molecule has 1 N–H and O–H groups in total. The molecule has 0 aromatic heterocycles. The highest BCUT2D eigenvalue weighted by Gasteiger charge is 2.28. The Hall–Kier alpha value is 0.830. The van der Waals surface area contributed by atoms with Crippen LogP contribution in [0.25, 0.3) is 0 Å². The van der Waals surface area contributed by atoms with Gasteiger partial charge in [0.15, 0.2) is 4.30 Å². The smallest absolute Gasteiger partial charge is 0.180 e. The molecule has 92 valence electrons. The second kappa shape index (κ2) is 8.00. The van der Waals surface area contributed by atoms with E-state index in [2.05, 4.69) is 20.8 Å². The SMILES string of the molecule is CC1CCC(C(C)C)C(O)C1.ClC(Cl)Cl. The van der Waals surface area contributed by atoms with Crippen molar-refractivity contribution in [2.45, 2.75) is 50.4 Å². The molecule has 4 heteroatoms. The first-order chi connectivity index (χ1) is 6.84. The number of alkyl halides is 3. The van der Waals surface area contributed by atoms with Gasteiger partial charge in [0, 0.05) is 0 Å². The Balaban J connectivity index is 0.000000423. The zero-order chi connectivity index (χ0) is 12.0. The van der Waals surface area contributed by atoms with E-state index in [1.165, 1.54) is 12.8 Å². The van der Waals surface area contributed by atoms with Gasteiger partial charge in [-0.15, -0.1) is 0 Å². The van der Waals surface area contributed by atoms with Crippen LogP contribution < -0.4 is 0 Å². The third-order valence-corrected chi connectivity index (χ3v) is 2.99. The van der Waals surface area contributed by atoms with Crippen molar-refractivity contribution in [1.82, 2.24) is 0 Å². The molecule has 0 bridgehead atoms. The van der Waals surface area contributed by atoms with Gasteiger partial charge < -0.3 is 5.11 Å². The van der Waals surface area contributed by atoms with Gasteiger partial charge in [-0.25, -0.2) is 0 Å². The summed E-state index contributed by atoms with van der Waals surface area (Å²) in [4.78, 5) is 0. The van der Waals surface area contributed by atoms with Crippen LogP contribution in [-0.4, -0.2) is 15.5 Å². The molecule has 1 rings (SSSR count). The quantitative estimate of drug-likeness (QED) is 0.702. The first-order valence-electron chi connectivity index (χ1n) is 5.44. The van der Waals surface area contributed by atoms with Crippen LogP contribution in [-0.2, 0) is 0 Å². The highest BCUT2D eigenvalue weighted by molar-refractivity contribution is 6.63. The van der Waals surface area contributed by atoms with Crippen molar-refractivity contribution in [3.63, 3.8) is 0 Å². The van der Waals surface area contributed by atoms with E-state index in [0.29, 0.717) is 11.8 Å². The van der Waals surface area contributed by atoms with Crippen LogP contribution in [0.5, 0.6) is 0 Å². The Bertz CT molecular complexity index is 159. The Kier molecular flexibility index (Phi) is 8.44. The zero-order valence-electron chi connectivity index (χ0n) is 9.59. The molecular weight excluding hydrogens is 254 g/mol. The van der Waals surface area contributed by atoms with Gasteiger partial charge in [-0.2, -0.15) is 0 Å². The molecule has 0 radical (unpaired) electrons. The summed E-state index contributed by atoms with van der Waals surface area (Å²) < 4.78 is -0.750. The van der Waals surface area contributed by atoms with Crippen LogP contribution in [0.2, 0.25) is 0 Å². The van der Waals surface area contributed by atoms with Gasteiger partial charge in [-0.05, 0) is 30.6 Å². The fraction of sp³-hybridized carbons (Fsp3) is 1.00. The first kappa shape index (κ1) is 15.8. The second-order valence-electron chi connectivity index (χ2n) is 4.64. The van der Waals surface area contributed by atoms with E-state index in [1.54, 1.807) is 0 Å². The predicted octanol–water partition coefficient (Wildman–Crippen LogP) is 4.43. The third kappa shape index (κ3) is 7.68. The minimum absolute atomic E-state index is 0.0289. The van der Waals surface area contributed by atoms with Gasteiger partial charge in [0.25, 0.3) is 0 Å². The lowest BCUT2D eigenvalue weighted by Gasteiger charge is -2.33.